The Morgan fingerprint density at radius 1 is 0.978 bits per heavy atom. The molecule has 45 heavy (non-hydrogen) atoms. The second-order valence-electron chi connectivity index (χ2n) is 17.5. The summed E-state index contributed by atoms with van der Waals surface area (Å²) in [4.78, 5) is 13.1. The number of hydrogen-bond donors (Lipinski definition) is 1. The van der Waals surface area contributed by atoms with E-state index in [2.05, 4.69) is 55.0 Å². The Morgan fingerprint density at radius 3 is 2.40 bits per heavy atom. The number of fused-ring (bicyclic) bond motifs is 2. The summed E-state index contributed by atoms with van der Waals surface area (Å²) in [6.07, 6.45) is 17.5. The van der Waals surface area contributed by atoms with E-state index < -0.39 is 0 Å². The van der Waals surface area contributed by atoms with Gasteiger partial charge in [-0.05, 0) is 146 Å². The first-order valence-corrected chi connectivity index (χ1v) is 18.1. The first-order valence-electron chi connectivity index (χ1n) is 18.1. The number of phenolic OH excluding ortho intramolecular Hbond substituents is 1. The van der Waals surface area contributed by atoms with E-state index in [-0.39, 0.29) is 23.2 Å². The number of methoxy groups -OCH3 is 1. The predicted octanol–water partition coefficient (Wildman–Crippen LogP) is 10.4. The minimum absolute atomic E-state index is 0.0365. The SMILES string of the molecule is C=C(CC[C@@H](C)[C@H]1CC[C@@]2(C)[C@@H]3CC[C@H]4C(C)(C)[C@@H](OC(=O)C=Cc5ccc(O)c(OC)c5)CC[C@@]45C[C@@]35CC[C@]12C)C(C)C. The van der Waals surface area contributed by atoms with Gasteiger partial charge in [-0.3, -0.25) is 0 Å². The number of aromatic hydroxyl groups is 1. The first kappa shape index (κ1) is 32.7. The van der Waals surface area contributed by atoms with Crippen LogP contribution in [0.4, 0.5) is 0 Å². The van der Waals surface area contributed by atoms with Gasteiger partial charge in [0.1, 0.15) is 6.10 Å². The highest BCUT2D eigenvalue weighted by Gasteiger charge is 2.82. The summed E-state index contributed by atoms with van der Waals surface area (Å²) in [5, 5.41) is 9.89. The average Bonchev–Trinajstić information content (AvgIpc) is 3.58. The smallest absolute Gasteiger partial charge is 0.331 e. The zero-order valence-corrected chi connectivity index (χ0v) is 29.5. The molecule has 0 unspecified atom stereocenters. The predicted molar refractivity (Wildman–Crippen MR) is 183 cm³/mol. The van der Waals surface area contributed by atoms with E-state index in [0.29, 0.717) is 39.2 Å². The molecule has 1 aromatic rings. The molecule has 1 N–H and O–H groups in total. The van der Waals surface area contributed by atoms with Crippen molar-refractivity contribution in [3.05, 3.63) is 42.0 Å². The van der Waals surface area contributed by atoms with E-state index in [9.17, 15) is 9.90 Å². The third-order valence-corrected chi connectivity index (χ3v) is 15.4. The van der Waals surface area contributed by atoms with Crippen molar-refractivity contribution in [2.45, 2.75) is 125 Å². The van der Waals surface area contributed by atoms with Gasteiger partial charge in [-0.15, -0.1) is 0 Å². The molecule has 0 radical (unpaired) electrons. The average molecular weight is 617 g/mol. The van der Waals surface area contributed by atoms with Crippen LogP contribution in [0.5, 0.6) is 11.5 Å². The van der Waals surface area contributed by atoms with Crippen molar-refractivity contribution in [2.75, 3.05) is 7.11 Å². The molecule has 0 heterocycles. The molecule has 0 amide bonds. The minimum atomic E-state index is -0.278. The molecule has 6 rings (SSSR count). The lowest BCUT2D eigenvalue weighted by Crippen LogP contribution is -2.58. The van der Waals surface area contributed by atoms with Crippen LogP contribution in [0.25, 0.3) is 6.08 Å². The maximum absolute atomic E-state index is 13.1. The van der Waals surface area contributed by atoms with Gasteiger partial charge in [-0.2, -0.15) is 0 Å². The van der Waals surface area contributed by atoms with Crippen molar-refractivity contribution in [1.29, 1.82) is 0 Å². The van der Waals surface area contributed by atoms with E-state index >= 15 is 0 Å². The summed E-state index contributed by atoms with van der Waals surface area (Å²) in [6, 6.07) is 5.08. The molecule has 4 nitrogen and oxygen atoms in total. The maximum atomic E-state index is 13.1. The number of ether oxygens (including phenoxy) is 2. The van der Waals surface area contributed by atoms with Gasteiger partial charge in [-0.1, -0.05) is 66.7 Å². The molecule has 1 aromatic carbocycles. The lowest BCUT2D eigenvalue weighted by Gasteiger charge is -2.63. The fraction of sp³-hybridized carbons (Fsp3) is 0.732. The summed E-state index contributed by atoms with van der Waals surface area (Å²) >= 11 is 0. The molecular weight excluding hydrogens is 556 g/mol. The maximum Gasteiger partial charge on any atom is 0.331 e. The molecule has 0 aromatic heterocycles. The van der Waals surface area contributed by atoms with E-state index in [1.807, 2.05) is 0 Å². The molecule has 248 valence electrons. The van der Waals surface area contributed by atoms with Gasteiger partial charge in [0.05, 0.1) is 7.11 Å². The third-order valence-electron chi connectivity index (χ3n) is 15.4. The number of rotatable bonds is 9. The van der Waals surface area contributed by atoms with Gasteiger partial charge < -0.3 is 14.6 Å². The van der Waals surface area contributed by atoms with Crippen LogP contribution in [0.1, 0.15) is 125 Å². The van der Waals surface area contributed by atoms with Crippen LogP contribution in [0.3, 0.4) is 0 Å². The molecule has 0 bridgehead atoms. The van der Waals surface area contributed by atoms with Crippen LogP contribution in [0.15, 0.2) is 36.4 Å². The van der Waals surface area contributed by atoms with Crippen molar-refractivity contribution >= 4 is 12.0 Å². The highest BCUT2D eigenvalue weighted by Crippen LogP contribution is 2.89. The topological polar surface area (TPSA) is 55.8 Å². The van der Waals surface area contributed by atoms with Gasteiger partial charge >= 0.3 is 5.97 Å². The molecule has 0 saturated heterocycles. The normalized spacial score (nSPS) is 40.2. The van der Waals surface area contributed by atoms with Crippen molar-refractivity contribution < 1.29 is 19.4 Å². The number of carbonyl (C=O) groups is 1. The Labute approximate surface area is 273 Å². The summed E-state index contributed by atoms with van der Waals surface area (Å²) in [6.45, 7) is 21.7. The first-order chi connectivity index (χ1) is 21.1. The summed E-state index contributed by atoms with van der Waals surface area (Å²) < 4.78 is 11.5. The number of carbonyl (C=O) groups excluding carboxylic acids is 1. The number of hydrogen-bond acceptors (Lipinski definition) is 4. The molecule has 2 spiro atoms. The Hall–Kier alpha value is -2.23. The summed E-state index contributed by atoms with van der Waals surface area (Å²) in [5.41, 5.74) is 3.99. The van der Waals surface area contributed by atoms with Crippen LogP contribution >= 0.6 is 0 Å². The van der Waals surface area contributed by atoms with E-state index in [1.165, 1.54) is 83.0 Å². The standard InChI is InChI=1S/C41H60O4/c1-26(2)27(3)10-11-28(4)30-18-20-39(8)34-16-15-33-37(5,6)35(19-21-40(33)25-41(34,40)23-22-38(30,39)7)45-36(43)17-13-29-12-14-31(42)32(24-29)44-9/h12-14,17,24,26,28,30,33-35,42H,3,10-11,15-16,18-23,25H2,1-2,4-9H3/t28-,30-,33+,34+,35+,38-,39+,40-,41+/m1/s1. The van der Waals surface area contributed by atoms with Gasteiger partial charge in [-0.25, -0.2) is 4.79 Å². The van der Waals surface area contributed by atoms with Gasteiger partial charge in [0.15, 0.2) is 11.5 Å². The van der Waals surface area contributed by atoms with Crippen LogP contribution in [-0.4, -0.2) is 24.3 Å². The third kappa shape index (κ3) is 4.85. The van der Waals surface area contributed by atoms with Crippen molar-refractivity contribution in [1.82, 2.24) is 0 Å². The highest BCUT2D eigenvalue weighted by atomic mass is 16.5. The molecule has 5 saturated carbocycles. The van der Waals surface area contributed by atoms with Crippen LogP contribution < -0.4 is 4.74 Å². The summed E-state index contributed by atoms with van der Waals surface area (Å²) in [5.74, 6) is 3.84. The number of allylic oxidation sites excluding steroid dienone is 1. The number of benzene rings is 1. The fourth-order valence-electron chi connectivity index (χ4n) is 12.5. The minimum Gasteiger partial charge on any atom is -0.504 e. The molecule has 5 fully saturated rings. The molecule has 5 aliphatic rings. The van der Waals surface area contributed by atoms with E-state index in [1.54, 1.807) is 24.3 Å². The van der Waals surface area contributed by atoms with E-state index in [0.717, 1.165) is 29.7 Å². The van der Waals surface area contributed by atoms with Gasteiger partial charge in [0.2, 0.25) is 0 Å². The molecule has 5 aliphatic carbocycles. The number of esters is 1. The van der Waals surface area contributed by atoms with Crippen molar-refractivity contribution in [2.24, 2.45) is 56.7 Å². The highest BCUT2D eigenvalue weighted by molar-refractivity contribution is 5.87. The van der Waals surface area contributed by atoms with Crippen LogP contribution in [0.2, 0.25) is 0 Å². The lowest BCUT2D eigenvalue weighted by molar-refractivity contribution is -0.179. The van der Waals surface area contributed by atoms with Crippen LogP contribution in [-0.2, 0) is 9.53 Å². The van der Waals surface area contributed by atoms with Gasteiger partial charge in [0, 0.05) is 11.5 Å². The zero-order valence-electron chi connectivity index (χ0n) is 29.5. The number of phenols is 1. The van der Waals surface area contributed by atoms with Crippen LogP contribution in [0, 0.1) is 56.7 Å². The Kier molecular flexibility index (Phi) is 8.13. The van der Waals surface area contributed by atoms with Gasteiger partial charge in [0.25, 0.3) is 0 Å². The van der Waals surface area contributed by atoms with Crippen molar-refractivity contribution in [3.8, 4) is 11.5 Å². The quantitative estimate of drug-likeness (QED) is 0.170. The Morgan fingerprint density at radius 2 is 1.69 bits per heavy atom. The van der Waals surface area contributed by atoms with Crippen molar-refractivity contribution in [3.63, 3.8) is 0 Å². The Balaban J connectivity index is 1.14. The molecule has 9 atom stereocenters. The fourth-order valence-corrected chi connectivity index (χ4v) is 12.5. The second-order valence-corrected chi connectivity index (χ2v) is 17.5. The molecular formula is C41H60O4. The largest absolute Gasteiger partial charge is 0.504 e. The molecule has 0 aliphatic heterocycles. The summed E-state index contributed by atoms with van der Waals surface area (Å²) in [7, 11) is 1.52. The second kappa shape index (κ2) is 11.2. The molecule has 4 heteroatoms. The van der Waals surface area contributed by atoms with E-state index in [4.69, 9.17) is 9.47 Å². The zero-order chi connectivity index (χ0) is 32.6. The lowest BCUT2D eigenvalue weighted by atomic mass is 9.41. The Bertz CT molecular complexity index is 1360. The monoisotopic (exact) mass is 616 g/mol.